The average Bonchev–Trinajstić information content (AvgIpc) is 2.48. The van der Waals surface area contributed by atoms with Gasteiger partial charge >= 0.3 is 0 Å². The van der Waals surface area contributed by atoms with Crippen LogP contribution in [0.15, 0.2) is 0 Å². The highest BCUT2D eigenvalue weighted by Gasteiger charge is 2.50. The Morgan fingerprint density at radius 1 is 1.44 bits per heavy atom. The normalized spacial score (nSPS) is 43.6. The molecule has 1 amide bonds. The third kappa shape index (κ3) is 1.65. The summed E-state index contributed by atoms with van der Waals surface area (Å²) < 4.78 is 0. The second-order valence-electron chi connectivity index (χ2n) is 5.70. The maximum Gasteiger partial charge on any atom is 0.244 e. The van der Waals surface area contributed by atoms with E-state index in [-0.39, 0.29) is 11.7 Å². The molecule has 2 unspecified atom stereocenters. The number of rotatable bonds is 3. The molecule has 92 valence electrons. The summed E-state index contributed by atoms with van der Waals surface area (Å²) in [5.74, 6) is 1.11. The zero-order chi connectivity index (χ0) is 11.9. The predicted octanol–water partition coefficient (Wildman–Crippen LogP) is 2.12. The van der Waals surface area contributed by atoms with Crippen molar-refractivity contribution in [3.8, 4) is 0 Å². The van der Waals surface area contributed by atoms with Gasteiger partial charge in [-0.05, 0) is 38.5 Å². The molecule has 0 bridgehead atoms. The van der Waals surface area contributed by atoms with E-state index in [1.807, 2.05) is 6.92 Å². The summed E-state index contributed by atoms with van der Waals surface area (Å²) in [5.41, 5.74) is -0.320. The van der Waals surface area contributed by atoms with Crippen LogP contribution < -0.4 is 5.32 Å². The third-order valence-electron chi connectivity index (χ3n) is 4.36. The standard InChI is InChI=1S/C13H24N2O/c1-5-11-14-13(4,6-2)12(16)15(11)10-7-9(3)8-10/h9-11,14H,5-8H2,1-4H3. The quantitative estimate of drug-likeness (QED) is 0.796. The molecule has 1 heterocycles. The van der Waals surface area contributed by atoms with Crippen LogP contribution in [-0.4, -0.2) is 28.6 Å². The van der Waals surface area contributed by atoms with Gasteiger partial charge in [-0.3, -0.25) is 10.1 Å². The number of carbonyl (C=O) groups excluding carboxylic acids is 1. The van der Waals surface area contributed by atoms with Crippen molar-refractivity contribution in [2.75, 3.05) is 0 Å². The molecule has 0 aromatic heterocycles. The van der Waals surface area contributed by atoms with Crippen molar-refractivity contribution >= 4 is 5.91 Å². The molecule has 1 N–H and O–H groups in total. The first-order valence-electron chi connectivity index (χ1n) is 6.62. The van der Waals surface area contributed by atoms with Crippen molar-refractivity contribution in [1.29, 1.82) is 0 Å². The van der Waals surface area contributed by atoms with E-state index >= 15 is 0 Å². The molecule has 16 heavy (non-hydrogen) atoms. The average molecular weight is 224 g/mol. The van der Waals surface area contributed by atoms with Crippen LogP contribution in [0.1, 0.15) is 53.4 Å². The minimum atomic E-state index is -0.320. The van der Waals surface area contributed by atoms with Gasteiger partial charge in [0.1, 0.15) is 0 Å². The van der Waals surface area contributed by atoms with E-state index in [1.165, 1.54) is 12.8 Å². The van der Waals surface area contributed by atoms with E-state index < -0.39 is 0 Å². The maximum atomic E-state index is 12.4. The van der Waals surface area contributed by atoms with Crippen LogP contribution in [0, 0.1) is 5.92 Å². The molecule has 0 aromatic rings. The van der Waals surface area contributed by atoms with Gasteiger partial charge in [0.25, 0.3) is 0 Å². The van der Waals surface area contributed by atoms with Gasteiger partial charge < -0.3 is 4.90 Å². The maximum absolute atomic E-state index is 12.4. The Bertz CT molecular complexity index is 286. The van der Waals surface area contributed by atoms with Crippen LogP contribution in [0.2, 0.25) is 0 Å². The first-order valence-corrected chi connectivity index (χ1v) is 6.62. The van der Waals surface area contributed by atoms with Crippen molar-refractivity contribution in [2.24, 2.45) is 5.92 Å². The first-order chi connectivity index (χ1) is 7.51. The zero-order valence-electron chi connectivity index (χ0n) is 10.9. The topological polar surface area (TPSA) is 32.3 Å². The molecular weight excluding hydrogens is 200 g/mol. The van der Waals surface area contributed by atoms with Crippen LogP contribution in [0.3, 0.4) is 0 Å². The Morgan fingerprint density at radius 2 is 2.06 bits per heavy atom. The van der Waals surface area contributed by atoms with E-state index in [2.05, 4.69) is 31.0 Å². The Kier molecular flexibility index (Phi) is 2.99. The van der Waals surface area contributed by atoms with Crippen LogP contribution in [0.25, 0.3) is 0 Å². The summed E-state index contributed by atoms with van der Waals surface area (Å²) >= 11 is 0. The fourth-order valence-electron chi connectivity index (χ4n) is 2.98. The summed E-state index contributed by atoms with van der Waals surface area (Å²) in [7, 11) is 0. The number of amides is 1. The smallest absolute Gasteiger partial charge is 0.244 e. The summed E-state index contributed by atoms with van der Waals surface area (Å²) in [4.78, 5) is 14.6. The molecule has 0 spiro atoms. The van der Waals surface area contributed by atoms with Crippen molar-refractivity contribution < 1.29 is 4.79 Å². The molecule has 2 rings (SSSR count). The van der Waals surface area contributed by atoms with E-state index in [0.29, 0.717) is 11.9 Å². The van der Waals surface area contributed by atoms with Crippen LogP contribution in [0.4, 0.5) is 0 Å². The molecule has 1 aliphatic carbocycles. The fourth-order valence-corrected chi connectivity index (χ4v) is 2.98. The lowest BCUT2D eigenvalue weighted by Crippen LogP contribution is -2.50. The largest absolute Gasteiger partial charge is 0.323 e. The molecule has 1 saturated heterocycles. The highest BCUT2D eigenvalue weighted by atomic mass is 16.2. The Labute approximate surface area is 98.6 Å². The molecule has 0 radical (unpaired) electrons. The van der Waals surface area contributed by atoms with Gasteiger partial charge in [0.05, 0.1) is 11.7 Å². The third-order valence-corrected chi connectivity index (χ3v) is 4.36. The summed E-state index contributed by atoms with van der Waals surface area (Å²) in [6.07, 6.45) is 4.51. The zero-order valence-corrected chi connectivity index (χ0v) is 10.9. The SMILES string of the molecule is CCC1NC(C)(CC)C(=O)N1C1CC(C)C1. The lowest BCUT2D eigenvalue weighted by Gasteiger charge is -2.42. The molecular formula is C13H24N2O. The van der Waals surface area contributed by atoms with Gasteiger partial charge in [-0.1, -0.05) is 20.8 Å². The molecule has 1 aliphatic heterocycles. The Morgan fingerprint density at radius 3 is 2.50 bits per heavy atom. The number of hydrogen-bond donors (Lipinski definition) is 1. The van der Waals surface area contributed by atoms with E-state index in [4.69, 9.17) is 0 Å². The van der Waals surface area contributed by atoms with Crippen LogP contribution in [-0.2, 0) is 4.79 Å². The second kappa shape index (κ2) is 4.02. The van der Waals surface area contributed by atoms with Gasteiger partial charge in [0.15, 0.2) is 0 Å². The first kappa shape index (κ1) is 11.9. The number of carbonyl (C=O) groups is 1. The molecule has 3 heteroatoms. The molecule has 0 aromatic carbocycles. The van der Waals surface area contributed by atoms with Crippen molar-refractivity contribution in [3.05, 3.63) is 0 Å². The Balaban J connectivity index is 2.13. The van der Waals surface area contributed by atoms with Crippen molar-refractivity contribution in [3.63, 3.8) is 0 Å². The summed E-state index contributed by atoms with van der Waals surface area (Å²) in [5, 5.41) is 3.51. The molecule has 2 fully saturated rings. The van der Waals surface area contributed by atoms with Gasteiger partial charge in [-0.15, -0.1) is 0 Å². The second-order valence-corrected chi connectivity index (χ2v) is 5.70. The molecule has 3 nitrogen and oxygen atoms in total. The van der Waals surface area contributed by atoms with E-state index in [1.54, 1.807) is 0 Å². The van der Waals surface area contributed by atoms with Crippen molar-refractivity contribution in [1.82, 2.24) is 10.2 Å². The van der Waals surface area contributed by atoms with E-state index in [0.717, 1.165) is 18.8 Å². The van der Waals surface area contributed by atoms with Crippen LogP contribution >= 0.6 is 0 Å². The number of nitrogens with one attached hydrogen (secondary N) is 1. The van der Waals surface area contributed by atoms with Gasteiger partial charge in [0.2, 0.25) is 5.91 Å². The van der Waals surface area contributed by atoms with Crippen molar-refractivity contribution in [2.45, 2.75) is 71.1 Å². The molecule has 2 atom stereocenters. The lowest BCUT2D eigenvalue weighted by atomic mass is 9.80. The summed E-state index contributed by atoms with van der Waals surface area (Å²) in [6, 6.07) is 0.494. The van der Waals surface area contributed by atoms with Crippen LogP contribution in [0.5, 0.6) is 0 Å². The fraction of sp³-hybridized carbons (Fsp3) is 0.923. The number of nitrogens with zero attached hydrogens (tertiary/aromatic N) is 1. The predicted molar refractivity (Wildman–Crippen MR) is 64.9 cm³/mol. The lowest BCUT2D eigenvalue weighted by molar-refractivity contribution is -0.137. The number of hydrogen-bond acceptors (Lipinski definition) is 2. The molecule has 2 aliphatic rings. The monoisotopic (exact) mass is 224 g/mol. The van der Waals surface area contributed by atoms with Gasteiger partial charge in [0, 0.05) is 6.04 Å². The van der Waals surface area contributed by atoms with Gasteiger partial charge in [-0.25, -0.2) is 0 Å². The Hall–Kier alpha value is -0.570. The minimum Gasteiger partial charge on any atom is -0.323 e. The molecule has 1 saturated carbocycles. The van der Waals surface area contributed by atoms with E-state index in [9.17, 15) is 4.79 Å². The van der Waals surface area contributed by atoms with Gasteiger partial charge in [-0.2, -0.15) is 0 Å². The summed E-state index contributed by atoms with van der Waals surface area (Å²) in [6.45, 7) is 8.55. The highest BCUT2D eigenvalue weighted by Crippen LogP contribution is 2.37. The minimum absolute atomic E-state index is 0.259. The highest BCUT2D eigenvalue weighted by molar-refractivity contribution is 5.88.